The molecule has 0 saturated heterocycles. The maximum absolute atomic E-state index is 12.3. The van der Waals surface area contributed by atoms with E-state index in [0.717, 1.165) is 0 Å². The lowest BCUT2D eigenvalue weighted by Gasteiger charge is -2.02. The fraction of sp³-hybridized carbons (Fsp3) is 0. The molecule has 94 valence electrons. The molecule has 0 aliphatic heterocycles. The van der Waals surface area contributed by atoms with E-state index >= 15 is 0 Å². The van der Waals surface area contributed by atoms with Crippen LogP contribution in [0.2, 0.25) is 0 Å². The third kappa shape index (κ3) is 2.08. The second kappa shape index (κ2) is 4.43. The van der Waals surface area contributed by atoms with Crippen LogP contribution in [0.5, 0.6) is 0 Å². The van der Waals surface area contributed by atoms with Gasteiger partial charge < -0.3 is 5.73 Å². The number of nitrogens with two attached hydrogens (primary N) is 1. The van der Waals surface area contributed by atoms with Crippen LogP contribution in [0.25, 0.3) is 11.0 Å². The van der Waals surface area contributed by atoms with E-state index in [4.69, 9.17) is 5.73 Å². The summed E-state index contributed by atoms with van der Waals surface area (Å²) in [7, 11) is 0. The van der Waals surface area contributed by atoms with Crippen molar-refractivity contribution in [1.82, 2.24) is 19.5 Å². The number of fused-ring (bicyclic) bond motifs is 1. The summed E-state index contributed by atoms with van der Waals surface area (Å²) < 4.78 is 2.00. The minimum absolute atomic E-state index is 0.249. The lowest BCUT2D eigenvalue weighted by Crippen LogP contribution is -2.12. The van der Waals surface area contributed by atoms with E-state index < -0.39 is 0 Å². The van der Waals surface area contributed by atoms with E-state index in [-0.39, 0.29) is 11.6 Å². The molecule has 0 amide bonds. The number of carbonyl (C=O) groups excluding carboxylic acids is 1. The first-order valence-electron chi connectivity index (χ1n) is 5.40. The van der Waals surface area contributed by atoms with Crippen molar-refractivity contribution in [2.45, 2.75) is 0 Å². The second-order valence-corrected chi connectivity index (χ2v) is 4.70. The third-order valence-electron chi connectivity index (χ3n) is 2.63. The van der Waals surface area contributed by atoms with Crippen LogP contribution in [0, 0.1) is 0 Å². The molecule has 0 fully saturated rings. The molecule has 0 saturated carbocycles. The zero-order valence-corrected chi connectivity index (χ0v) is 11.2. The van der Waals surface area contributed by atoms with E-state index in [0.29, 0.717) is 21.3 Å². The molecule has 3 aromatic rings. The van der Waals surface area contributed by atoms with Gasteiger partial charge in [-0.25, -0.2) is 15.0 Å². The molecule has 0 atom stereocenters. The van der Waals surface area contributed by atoms with Crippen molar-refractivity contribution >= 4 is 38.6 Å². The van der Waals surface area contributed by atoms with Crippen molar-refractivity contribution in [3.8, 4) is 0 Å². The molecular formula is C12H8BrN5O. The van der Waals surface area contributed by atoms with Gasteiger partial charge in [0.05, 0.1) is 23.4 Å². The molecule has 2 heterocycles. The van der Waals surface area contributed by atoms with Gasteiger partial charge in [0, 0.05) is 5.69 Å². The van der Waals surface area contributed by atoms with Crippen molar-refractivity contribution in [1.29, 1.82) is 0 Å². The predicted octanol–water partition coefficient (Wildman–Crippen LogP) is 1.86. The van der Waals surface area contributed by atoms with Gasteiger partial charge in [-0.05, 0) is 34.1 Å². The highest BCUT2D eigenvalue weighted by Gasteiger charge is 2.14. The average Bonchev–Trinajstić information content (AvgIpc) is 2.81. The van der Waals surface area contributed by atoms with Gasteiger partial charge in [-0.3, -0.25) is 9.36 Å². The lowest BCUT2D eigenvalue weighted by molar-refractivity contribution is 0.0959. The molecule has 2 aromatic heterocycles. The SMILES string of the molecule is Nc1ccc2c(c1)ncn2C(=O)c1cnc(Br)cn1. The number of aromatic nitrogens is 4. The van der Waals surface area contributed by atoms with Gasteiger partial charge >= 0.3 is 0 Å². The topological polar surface area (TPSA) is 86.7 Å². The average molecular weight is 318 g/mol. The van der Waals surface area contributed by atoms with Crippen LogP contribution in [0.4, 0.5) is 5.69 Å². The standard InChI is InChI=1S/C12H8BrN5O/c13-11-5-15-9(4-16-11)12(19)18-6-17-8-3-7(14)1-2-10(8)18/h1-6H,14H2. The molecule has 0 unspecified atom stereocenters. The molecule has 7 heteroatoms. The molecule has 6 nitrogen and oxygen atoms in total. The van der Waals surface area contributed by atoms with Crippen LogP contribution in [-0.4, -0.2) is 25.4 Å². The number of nitrogen functional groups attached to an aromatic ring is 1. The first kappa shape index (κ1) is 11.8. The van der Waals surface area contributed by atoms with E-state index in [1.54, 1.807) is 18.2 Å². The number of benzene rings is 1. The summed E-state index contributed by atoms with van der Waals surface area (Å²) in [6, 6.07) is 5.19. The van der Waals surface area contributed by atoms with E-state index in [1.165, 1.54) is 23.3 Å². The Labute approximate surface area is 116 Å². The Morgan fingerprint density at radius 1 is 1.21 bits per heavy atom. The van der Waals surface area contributed by atoms with Gasteiger partial charge in [-0.15, -0.1) is 0 Å². The highest BCUT2D eigenvalue weighted by atomic mass is 79.9. The Bertz CT molecular complexity index is 765. The maximum Gasteiger partial charge on any atom is 0.283 e. The number of hydrogen-bond donors (Lipinski definition) is 1. The van der Waals surface area contributed by atoms with Gasteiger partial charge in [-0.2, -0.15) is 0 Å². The summed E-state index contributed by atoms with van der Waals surface area (Å²) >= 11 is 3.17. The van der Waals surface area contributed by atoms with Gasteiger partial charge in [0.15, 0.2) is 0 Å². The van der Waals surface area contributed by atoms with Crippen molar-refractivity contribution in [3.05, 3.63) is 47.2 Å². The van der Waals surface area contributed by atoms with Crippen molar-refractivity contribution in [2.24, 2.45) is 0 Å². The molecule has 1 aromatic carbocycles. The van der Waals surface area contributed by atoms with Gasteiger partial charge in [0.25, 0.3) is 5.91 Å². The molecule has 3 rings (SSSR count). The van der Waals surface area contributed by atoms with Crippen LogP contribution in [0.1, 0.15) is 10.5 Å². The number of imidazole rings is 1. The van der Waals surface area contributed by atoms with Gasteiger partial charge in [0.1, 0.15) is 16.6 Å². The maximum atomic E-state index is 12.3. The van der Waals surface area contributed by atoms with Crippen LogP contribution >= 0.6 is 15.9 Å². The Morgan fingerprint density at radius 3 is 2.79 bits per heavy atom. The van der Waals surface area contributed by atoms with E-state index in [9.17, 15) is 4.79 Å². The predicted molar refractivity (Wildman–Crippen MR) is 73.6 cm³/mol. The summed E-state index contributed by atoms with van der Waals surface area (Å²) in [4.78, 5) is 24.5. The molecule has 2 N–H and O–H groups in total. The number of hydrogen-bond acceptors (Lipinski definition) is 5. The van der Waals surface area contributed by atoms with Crippen molar-refractivity contribution in [2.75, 3.05) is 5.73 Å². The molecule has 0 spiro atoms. The Kier molecular flexibility index (Phi) is 2.75. The van der Waals surface area contributed by atoms with Crippen molar-refractivity contribution < 1.29 is 4.79 Å². The fourth-order valence-corrected chi connectivity index (χ4v) is 1.94. The summed E-state index contributed by atoms with van der Waals surface area (Å²) in [6.07, 6.45) is 4.34. The normalized spacial score (nSPS) is 10.8. The second-order valence-electron chi connectivity index (χ2n) is 3.89. The molecule has 19 heavy (non-hydrogen) atoms. The zero-order chi connectivity index (χ0) is 13.4. The summed E-state index contributed by atoms with van der Waals surface area (Å²) in [6.45, 7) is 0. The first-order valence-corrected chi connectivity index (χ1v) is 6.19. The molecule has 0 bridgehead atoms. The third-order valence-corrected chi connectivity index (χ3v) is 3.04. The van der Waals surface area contributed by atoms with E-state index in [1.807, 2.05) is 0 Å². The number of rotatable bonds is 1. The Hall–Kier alpha value is -2.28. The number of nitrogens with zero attached hydrogens (tertiary/aromatic N) is 4. The monoisotopic (exact) mass is 317 g/mol. The van der Waals surface area contributed by atoms with Crippen LogP contribution in [-0.2, 0) is 0 Å². The summed E-state index contributed by atoms with van der Waals surface area (Å²) in [5, 5.41) is 0. The molecule has 0 radical (unpaired) electrons. The number of anilines is 1. The smallest absolute Gasteiger partial charge is 0.283 e. The minimum atomic E-state index is -0.285. The zero-order valence-electron chi connectivity index (χ0n) is 9.62. The first-order chi connectivity index (χ1) is 9.15. The van der Waals surface area contributed by atoms with Gasteiger partial charge in [-0.1, -0.05) is 0 Å². The molecule has 0 aliphatic carbocycles. The molecular weight excluding hydrogens is 310 g/mol. The largest absolute Gasteiger partial charge is 0.399 e. The van der Waals surface area contributed by atoms with E-state index in [2.05, 4.69) is 30.9 Å². The Morgan fingerprint density at radius 2 is 2.05 bits per heavy atom. The van der Waals surface area contributed by atoms with Crippen LogP contribution in [0.15, 0.2) is 41.5 Å². The van der Waals surface area contributed by atoms with Gasteiger partial charge in [0.2, 0.25) is 0 Å². The summed E-state index contributed by atoms with van der Waals surface area (Å²) in [5.74, 6) is -0.285. The highest BCUT2D eigenvalue weighted by molar-refractivity contribution is 9.10. The Balaban J connectivity index is 2.09. The summed E-state index contributed by atoms with van der Waals surface area (Å²) in [5.41, 5.74) is 7.88. The highest BCUT2D eigenvalue weighted by Crippen LogP contribution is 2.17. The number of carbonyl (C=O) groups is 1. The number of halogens is 1. The molecule has 0 aliphatic rings. The quantitative estimate of drug-likeness (QED) is 0.692. The lowest BCUT2D eigenvalue weighted by atomic mass is 10.3. The van der Waals surface area contributed by atoms with Crippen LogP contribution < -0.4 is 5.73 Å². The van der Waals surface area contributed by atoms with Crippen molar-refractivity contribution in [3.63, 3.8) is 0 Å². The fourth-order valence-electron chi connectivity index (χ4n) is 1.74. The minimum Gasteiger partial charge on any atom is -0.399 e. The van der Waals surface area contributed by atoms with Crippen LogP contribution in [0.3, 0.4) is 0 Å².